The van der Waals surface area contributed by atoms with Crippen LogP contribution in [0.2, 0.25) is 0 Å². The molecule has 6 heteroatoms. The van der Waals surface area contributed by atoms with Gasteiger partial charge in [-0.1, -0.05) is 19.8 Å². The van der Waals surface area contributed by atoms with Crippen molar-refractivity contribution in [1.82, 2.24) is 5.32 Å². The molecule has 0 aliphatic heterocycles. The van der Waals surface area contributed by atoms with Crippen molar-refractivity contribution in [3.63, 3.8) is 0 Å². The molecule has 0 saturated heterocycles. The number of nitro groups is 1. The molecule has 0 unspecified atom stereocenters. The van der Waals surface area contributed by atoms with Crippen molar-refractivity contribution >= 4 is 17.3 Å². The summed E-state index contributed by atoms with van der Waals surface area (Å²) in [6, 6.07) is 4.50. The van der Waals surface area contributed by atoms with Gasteiger partial charge in [-0.15, -0.1) is 0 Å². The van der Waals surface area contributed by atoms with Gasteiger partial charge in [0.05, 0.1) is 4.92 Å². The molecule has 0 heterocycles. The van der Waals surface area contributed by atoms with Crippen LogP contribution in [0, 0.1) is 10.1 Å². The zero-order valence-corrected chi connectivity index (χ0v) is 11.9. The molecule has 0 saturated carbocycles. The van der Waals surface area contributed by atoms with Crippen molar-refractivity contribution in [1.29, 1.82) is 0 Å². The second kappa shape index (κ2) is 8.14. The lowest BCUT2D eigenvalue weighted by molar-refractivity contribution is -0.384. The quantitative estimate of drug-likeness (QED) is 0.435. The molecule has 0 atom stereocenters. The molecule has 0 aliphatic rings. The number of benzene rings is 1. The first-order valence-corrected chi connectivity index (χ1v) is 6.90. The van der Waals surface area contributed by atoms with Gasteiger partial charge in [-0.25, -0.2) is 0 Å². The minimum atomic E-state index is -0.467. The third-order valence-corrected chi connectivity index (χ3v) is 2.89. The molecule has 0 radical (unpaired) electrons. The molecule has 1 amide bonds. The number of carbonyl (C=O) groups is 1. The summed E-state index contributed by atoms with van der Waals surface area (Å²) in [5.41, 5.74) is 0.696. The van der Waals surface area contributed by atoms with Gasteiger partial charge in [-0.3, -0.25) is 14.9 Å². The predicted octanol–water partition coefficient (Wildman–Crippen LogP) is 2.95. The molecule has 0 bridgehead atoms. The van der Waals surface area contributed by atoms with Crippen molar-refractivity contribution in [3.8, 4) is 0 Å². The van der Waals surface area contributed by atoms with E-state index in [1.807, 2.05) is 0 Å². The van der Waals surface area contributed by atoms with E-state index in [-0.39, 0.29) is 11.6 Å². The molecule has 2 N–H and O–H groups in total. The van der Waals surface area contributed by atoms with Crippen LogP contribution >= 0.6 is 0 Å². The first kappa shape index (κ1) is 15.9. The summed E-state index contributed by atoms with van der Waals surface area (Å²) < 4.78 is 0. The number of carbonyl (C=O) groups excluding carboxylic acids is 1. The Hall–Kier alpha value is -2.11. The van der Waals surface area contributed by atoms with Gasteiger partial charge < -0.3 is 10.6 Å². The van der Waals surface area contributed by atoms with Gasteiger partial charge in [0, 0.05) is 24.7 Å². The van der Waals surface area contributed by atoms with Gasteiger partial charge in [0.15, 0.2) is 0 Å². The Labute approximate surface area is 118 Å². The van der Waals surface area contributed by atoms with Crippen LogP contribution in [-0.2, 0) is 0 Å². The fourth-order valence-electron chi connectivity index (χ4n) is 1.83. The number of amides is 1. The Bertz CT molecular complexity index is 475. The number of nitro benzene ring substituents is 1. The van der Waals surface area contributed by atoms with Crippen molar-refractivity contribution in [2.24, 2.45) is 0 Å². The first-order chi connectivity index (χ1) is 9.60. The summed E-state index contributed by atoms with van der Waals surface area (Å²) in [6.07, 6.45) is 3.14. The second-order valence-corrected chi connectivity index (χ2v) is 4.48. The summed E-state index contributed by atoms with van der Waals surface area (Å²) in [7, 11) is 0. The van der Waals surface area contributed by atoms with Crippen molar-refractivity contribution in [2.75, 3.05) is 18.4 Å². The van der Waals surface area contributed by atoms with Crippen LogP contribution in [0.5, 0.6) is 0 Å². The molecule has 20 heavy (non-hydrogen) atoms. The zero-order chi connectivity index (χ0) is 15.0. The van der Waals surface area contributed by atoms with Gasteiger partial charge in [-0.05, 0) is 25.5 Å². The molecule has 6 nitrogen and oxygen atoms in total. The predicted molar refractivity (Wildman–Crippen MR) is 79.1 cm³/mol. The first-order valence-electron chi connectivity index (χ1n) is 6.90. The Morgan fingerprint density at radius 1 is 1.30 bits per heavy atom. The van der Waals surface area contributed by atoms with E-state index in [2.05, 4.69) is 17.6 Å². The van der Waals surface area contributed by atoms with E-state index in [0.29, 0.717) is 24.3 Å². The average molecular weight is 279 g/mol. The molecule has 0 aromatic heterocycles. The minimum absolute atomic E-state index is 0.0646. The molecule has 0 aliphatic carbocycles. The van der Waals surface area contributed by atoms with E-state index in [4.69, 9.17) is 0 Å². The lowest BCUT2D eigenvalue weighted by Gasteiger charge is -2.08. The molecule has 1 aromatic carbocycles. The third-order valence-electron chi connectivity index (χ3n) is 2.89. The maximum absolute atomic E-state index is 11.7. The fourth-order valence-corrected chi connectivity index (χ4v) is 1.83. The average Bonchev–Trinajstić information content (AvgIpc) is 2.43. The number of hydrogen-bond donors (Lipinski definition) is 2. The largest absolute Gasteiger partial charge is 0.379 e. The smallest absolute Gasteiger partial charge is 0.293 e. The highest BCUT2D eigenvalue weighted by Gasteiger charge is 2.16. The van der Waals surface area contributed by atoms with Gasteiger partial charge >= 0.3 is 0 Å². The highest BCUT2D eigenvalue weighted by molar-refractivity contribution is 5.95. The number of nitrogens with zero attached hydrogens (tertiary/aromatic N) is 1. The van der Waals surface area contributed by atoms with Crippen molar-refractivity contribution in [3.05, 3.63) is 33.9 Å². The van der Waals surface area contributed by atoms with Gasteiger partial charge in [-0.2, -0.15) is 0 Å². The molecular weight excluding hydrogens is 258 g/mol. The summed E-state index contributed by atoms with van der Waals surface area (Å²) in [6.45, 7) is 5.08. The van der Waals surface area contributed by atoms with Crippen LogP contribution in [0.15, 0.2) is 18.2 Å². The number of hydrogen-bond acceptors (Lipinski definition) is 4. The SMILES string of the molecule is CCCCCNc1ccc(C(=O)NCC)cc1[N+](=O)[O-]. The minimum Gasteiger partial charge on any atom is -0.379 e. The van der Waals surface area contributed by atoms with E-state index in [0.717, 1.165) is 19.3 Å². The van der Waals surface area contributed by atoms with Crippen LogP contribution in [-0.4, -0.2) is 23.9 Å². The van der Waals surface area contributed by atoms with Crippen molar-refractivity contribution < 1.29 is 9.72 Å². The molecule has 110 valence electrons. The number of rotatable bonds is 8. The van der Waals surface area contributed by atoms with Gasteiger partial charge in [0.25, 0.3) is 11.6 Å². The standard InChI is InChI=1S/C14H21N3O3/c1-3-5-6-9-16-12-8-7-11(14(18)15-4-2)10-13(12)17(19)20/h7-8,10,16H,3-6,9H2,1-2H3,(H,15,18). The lowest BCUT2D eigenvalue weighted by atomic mass is 10.1. The number of anilines is 1. The van der Waals surface area contributed by atoms with Crippen LogP contribution < -0.4 is 10.6 Å². The molecule has 0 fully saturated rings. The topological polar surface area (TPSA) is 84.3 Å². The normalized spacial score (nSPS) is 10.1. The van der Waals surface area contributed by atoms with Crippen LogP contribution in [0.25, 0.3) is 0 Å². The second-order valence-electron chi connectivity index (χ2n) is 4.48. The summed E-state index contributed by atoms with van der Waals surface area (Å²) in [5, 5.41) is 16.8. The van der Waals surface area contributed by atoms with E-state index in [1.165, 1.54) is 6.07 Å². The molecular formula is C14H21N3O3. The van der Waals surface area contributed by atoms with Crippen LogP contribution in [0.3, 0.4) is 0 Å². The summed E-state index contributed by atoms with van der Waals surface area (Å²) in [5.74, 6) is -0.298. The molecule has 1 aromatic rings. The van der Waals surface area contributed by atoms with E-state index >= 15 is 0 Å². The zero-order valence-electron chi connectivity index (χ0n) is 11.9. The van der Waals surface area contributed by atoms with Crippen LogP contribution in [0.4, 0.5) is 11.4 Å². The third kappa shape index (κ3) is 4.53. The highest BCUT2D eigenvalue weighted by Crippen LogP contribution is 2.25. The fraction of sp³-hybridized carbons (Fsp3) is 0.500. The van der Waals surface area contributed by atoms with Crippen LogP contribution in [0.1, 0.15) is 43.5 Å². The Morgan fingerprint density at radius 3 is 2.65 bits per heavy atom. The summed E-state index contributed by atoms with van der Waals surface area (Å²) in [4.78, 5) is 22.3. The number of unbranched alkanes of at least 4 members (excludes halogenated alkanes) is 2. The highest BCUT2D eigenvalue weighted by atomic mass is 16.6. The Balaban J connectivity index is 2.85. The van der Waals surface area contributed by atoms with E-state index in [1.54, 1.807) is 19.1 Å². The monoisotopic (exact) mass is 279 g/mol. The summed E-state index contributed by atoms with van der Waals surface area (Å²) >= 11 is 0. The van der Waals surface area contributed by atoms with E-state index < -0.39 is 4.92 Å². The Morgan fingerprint density at radius 2 is 2.05 bits per heavy atom. The van der Waals surface area contributed by atoms with Crippen molar-refractivity contribution in [2.45, 2.75) is 33.1 Å². The lowest BCUT2D eigenvalue weighted by Crippen LogP contribution is -2.22. The Kier molecular flexibility index (Phi) is 6.49. The molecule has 0 spiro atoms. The number of nitrogens with one attached hydrogen (secondary N) is 2. The van der Waals surface area contributed by atoms with Gasteiger partial charge in [0.1, 0.15) is 5.69 Å². The van der Waals surface area contributed by atoms with Gasteiger partial charge in [0.2, 0.25) is 0 Å². The molecule has 1 rings (SSSR count). The maximum Gasteiger partial charge on any atom is 0.293 e. The maximum atomic E-state index is 11.7. The van der Waals surface area contributed by atoms with E-state index in [9.17, 15) is 14.9 Å².